The van der Waals surface area contributed by atoms with Gasteiger partial charge in [0.1, 0.15) is 12.4 Å². The molecule has 0 bridgehead atoms. The third kappa shape index (κ3) is 4.81. The van der Waals surface area contributed by atoms with E-state index in [1.165, 1.54) is 4.31 Å². The fourth-order valence-electron chi connectivity index (χ4n) is 3.51. The van der Waals surface area contributed by atoms with Crippen LogP contribution in [-0.4, -0.2) is 64.5 Å². The number of hydrogen-bond acceptors (Lipinski definition) is 5. The lowest BCUT2D eigenvalue weighted by molar-refractivity contribution is -0.133. The van der Waals surface area contributed by atoms with Crippen LogP contribution in [0.2, 0.25) is 0 Å². The average Bonchev–Trinajstić information content (AvgIpc) is 3.08. The standard InChI is InChI=1S/C20H29N5O3S2/c1-4-5-18-21-22-20(29)25(18)14-19(26)23-10-12-24(13-11-23)30(27,28)17-8-6-16(7-9-17)15(2)3/h6-9,15H,4-5,10-14H2,1-3H3,(H,22,29). The second-order valence-corrected chi connectivity index (χ2v) is 10.1. The molecule has 1 aliphatic heterocycles. The van der Waals surface area contributed by atoms with Crippen molar-refractivity contribution in [2.45, 2.75) is 51.0 Å². The summed E-state index contributed by atoms with van der Waals surface area (Å²) in [5, 5.41) is 6.93. The third-order valence-electron chi connectivity index (χ3n) is 5.38. The van der Waals surface area contributed by atoms with E-state index in [1.54, 1.807) is 21.6 Å². The summed E-state index contributed by atoms with van der Waals surface area (Å²) in [5.41, 5.74) is 1.10. The molecule has 0 unspecified atom stereocenters. The van der Waals surface area contributed by atoms with Gasteiger partial charge in [-0.15, -0.1) is 0 Å². The predicted molar refractivity (Wildman–Crippen MR) is 117 cm³/mol. The summed E-state index contributed by atoms with van der Waals surface area (Å²) in [7, 11) is -3.57. The van der Waals surface area contributed by atoms with Crippen molar-refractivity contribution < 1.29 is 13.2 Å². The largest absolute Gasteiger partial charge is 0.338 e. The Morgan fingerprint density at radius 1 is 1.17 bits per heavy atom. The van der Waals surface area contributed by atoms with Gasteiger partial charge < -0.3 is 4.90 Å². The summed E-state index contributed by atoms with van der Waals surface area (Å²) >= 11 is 5.24. The Morgan fingerprint density at radius 2 is 1.80 bits per heavy atom. The lowest BCUT2D eigenvalue weighted by Crippen LogP contribution is -2.51. The molecule has 10 heteroatoms. The number of piperazine rings is 1. The molecule has 2 aromatic rings. The second kappa shape index (κ2) is 9.40. The first-order valence-corrected chi connectivity index (χ1v) is 12.1. The van der Waals surface area contributed by atoms with Crippen molar-refractivity contribution in [3.63, 3.8) is 0 Å². The Hall–Kier alpha value is -2.04. The van der Waals surface area contributed by atoms with E-state index in [2.05, 4.69) is 24.0 Å². The first-order chi connectivity index (χ1) is 14.2. The molecule has 1 aliphatic rings. The van der Waals surface area contributed by atoms with Gasteiger partial charge >= 0.3 is 0 Å². The summed E-state index contributed by atoms with van der Waals surface area (Å²) in [6.07, 6.45) is 1.64. The van der Waals surface area contributed by atoms with E-state index < -0.39 is 10.0 Å². The van der Waals surface area contributed by atoms with Crippen LogP contribution in [0.1, 0.15) is 44.5 Å². The van der Waals surface area contributed by atoms with Gasteiger partial charge in [0, 0.05) is 32.6 Å². The van der Waals surface area contributed by atoms with Gasteiger partial charge in [-0.2, -0.15) is 9.40 Å². The zero-order chi connectivity index (χ0) is 21.9. The van der Waals surface area contributed by atoms with Crippen LogP contribution in [0.5, 0.6) is 0 Å². The molecule has 0 aliphatic carbocycles. The summed E-state index contributed by atoms with van der Waals surface area (Å²) in [5.74, 6) is 1.03. The average molecular weight is 452 g/mol. The number of carbonyl (C=O) groups is 1. The molecule has 1 aromatic carbocycles. The third-order valence-corrected chi connectivity index (χ3v) is 7.60. The van der Waals surface area contributed by atoms with Crippen molar-refractivity contribution in [2.24, 2.45) is 0 Å². The van der Waals surface area contributed by atoms with E-state index >= 15 is 0 Å². The Balaban J connectivity index is 1.63. The van der Waals surface area contributed by atoms with E-state index in [0.29, 0.717) is 28.7 Å². The first-order valence-electron chi connectivity index (χ1n) is 10.3. The van der Waals surface area contributed by atoms with Crippen LogP contribution in [0.15, 0.2) is 29.2 Å². The molecule has 0 spiro atoms. The highest BCUT2D eigenvalue weighted by Gasteiger charge is 2.30. The summed E-state index contributed by atoms with van der Waals surface area (Å²) in [4.78, 5) is 14.7. The topological polar surface area (TPSA) is 91.3 Å². The lowest BCUT2D eigenvalue weighted by atomic mass is 10.0. The highest BCUT2D eigenvalue weighted by Crippen LogP contribution is 2.21. The van der Waals surface area contributed by atoms with Crippen LogP contribution in [0.25, 0.3) is 0 Å². The maximum absolute atomic E-state index is 13.0. The zero-order valence-electron chi connectivity index (χ0n) is 17.7. The summed E-state index contributed by atoms with van der Waals surface area (Å²) in [6, 6.07) is 7.05. The predicted octanol–water partition coefficient (Wildman–Crippen LogP) is 2.55. The molecule has 0 radical (unpaired) electrons. The minimum absolute atomic E-state index is 0.0804. The number of carbonyl (C=O) groups excluding carboxylic acids is 1. The summed E-state index contributed by atoms with van der Waals surface area (Å²) < 4.78 is 29.5. The van der Waals surface area contributed by atoms with Gasteiger partial charge in [0.15, 0.2) is 4.77 Å². The number of hydrogen-bond donors (Lipinski definition) is 1. The SMILES string of the molecule is CCCc1n[nH]c(=S)n1CC(=O)N1CCN(S(=O)(=O)c2ccc(C(C)C)cc2)CC1. The number of H-pyrrole nitrogens is 1. The van der Waals surface area contributed by atoms with E-state index in [4.69, 9.17) is 12.2 Å². The fourth-order valence-corrected chi connectivity index (χ4v) is 5.15. The van der Waals surface area contributed by atoms with Crippen LogP contribution >= 0.6 is 12.2 Å². The minimum atomic E-state index is -3.57. The molecule has 1 N–H and O–H groups in total. The fraction of sp³-hybridized carbons (Fsp3) is 0.550. The van der Waals surface area contributed by atoms with Crippen molar-refractivity contribution in [2.75, 3.05) is 26.2 Å². The summed E-state index contributed by atoms with van der Waals surface area (Å²) in [6.45, 7) is 7.57. The molecular weight excluding hydrogens is 422 g/mol. The van der Waals surface area contributed by atoms with E-state index in [9.17, 15) is 13.2 Å². The number of aryl methyl sites for hydroxylation is 1. The quantitative estimate of drug-likeness (QED) is 0.653. The molecule has 164 valence electrons. The Labute approximate surface area is 182 Å². The number of nitrogens with zero attached hydrogens (tertiary/aromatic N) is 4. The Kier molecular flexibility index (Phi) is 7.10. The number of amides is 1. The van der Waals surface area contributed by atoms with Crippen molar-refractivity contribution in [1.82, 2.24) is 24.0 Å². The maximum atomic E-state index is 13.0. The van der Waals surface area contributed by atoms with Crippen LogP contribution in [0.3, 0.4) is 0 Å². The number of benzene rings is 1. The second-order valence-electron chi connectivity index (χ2n) is 7.79. The van der Waals surface area contributed by atoms with Gasteiger partial charge in [-0.3, -0.25) is 14.5 Å². The molecule has 8 nitrogen and oxygen atoms in total. The first kappa shape index (κ1) is 22.6. The molecule has 0 atom stereocenters. The van der Waals surface area contributed by atoms with Gasteiger partial charge in [-0.05, 0) is 42.3 Å². The Bertz CT molecular complexity index is 1030. The molecule has 1 saturated heterocycles. The minimum Gasteiger partial charge on any atom is -0.338 e. The number of aromatic nitrogens is 3. The van der Waals surface area contributed by atoms with Crippen molar-refractivity contribution >= 4 is 28.1 Å². The van der Waals surface area contributed by atoms with Crippen LogP contribution in [0, 0.1) is 4.77 Å². The molecule has 3 rings (SSSR count). The molecule has 1 amide bonds. The molecular formula is C20H29N5O3S2. The van der Waals surface area contributed by atoms with Gasteiger partial charge in [-0.25, -0.2) is 8.42 Å². The van der Waals surface area contributed by atoms with E-state index in [1.807, 2.05) is 19.1 Å². The van der Waals surface area contributed by atoms with Crippen molar-refractivity contribution in [3.8, 4) is 0 Å². The number of nitrogens with one attached hydrogen (secondary N) is 1. The van der Waals surface area contributed by atoms with Crippen LogP contribution < -0.4 is 0 Å². The highest BCUT2D eigenvalue weighted by atomic mass is 32.2. The van der Waals surface area contributed by atoms with Crippen LogP contribution in [-0.2, 0) is 27.8 Å². The lowest BCUT2D eigenvalue weighted by Gasteiger charge is -2.34. The van der Waals surface area contributed by atoms with E-state index in [-0.39, 0.29) is 25.5 Å². The van der Waals surface area contributed by atoms with Gasteiger partial charge in [0.05, 0.1) is 4.90 Å². The molecule has 1 aromatic heterocycles. The van der Waals surface area contributed by atoms with Crippen molar-refractivity contribution in [3.05, 3.63) is 40.4 Å². The molecule has 1 fully saturated rings. The van der Waals surface area contributed by atoms with Gasteiger partial charge in [0.2, 0.25) is 15.9 Å². The normalized spacial score (nSPS) is 15.7. The highest BCUT2D eigenvalue weighted by molar-refractivity contribution is 7.89. The molecule has 2 heterocycles. The van der Waals surface area contributed by atoms with Crippen LogP contribution in [0.4, 0.5) is 0 Å². The zero-order valence-corrected chi connectivity index (χ0v) is 19.3. The smallest absolute Gasteiger partial charge is 0.243 e. The molecule has 30 heavy (non-hydrogen) atoms. The van der Waals surface area contributed by atoms with E-state index in [0.717, 1.165) is 24.2 Å². The van der Waals surface area contributed by atoms with Crippen molar-refractivity contribution in [1.29, 1.82) is 0 Å². The number of aromatic amines is 1. The number of rotatable bonds is 7. The number of sulfonamides is 1. The van der Waals surface area contributed by atoms with Gasteiger partial charge in [-0.1, -0.05) is 32.9 Å². The Morgan fingerprint density at radius 3 is 2.37 bits per heavy atom. The van der Waals surface area contributed by atoms with Gasteiger partial charge in [0.25, 0.3) is 0 Å². The molecule has 0 saturated carbocycles. The monoisotopic (exact) mass is 451 g/mol. The maximum Gasteiger partial charge on any atom is 0.243 e.